The molecule has 3 heteroatoms. The average Bonchev–Trinajstić information content (AvgIpc) is 2.98. The molecule has 0 unspecified atom stereocenters. The number of aromatic nitrogens is 2. The molecule has 3 aromatic rings. The monoisotopic (exact) mass is 263 g/mol. The van der Waals surface area contributed by atoms with Crippen molar-refractivity contribution in [3.63, 3.8) is 0 Å². The molecule has 0 saturated carbocycles. The first kappa shape index (κ1) is 12.6. The smallest absolute Gasteiger partial charge is 0.120 e. The molecule has 0 radical (unpaired) electrons. The molecule has 0 aliphatic rings. The standard InChI is InChI=1S/C17H17N3/c1-3-7-14(8-4-1)11-18-13-17-19-12-16(20-17)15-9-5-2-6-10-15/h1-10,12,18H,11,13H2,(H,19,20). The van der Waals surface area contributed by atoms with Gasteiger partial charge in [0, 0.05) is 6.54 Å². The van der Waals surface area contributed by atoms with E-state index in [0.29, 0.717) is 0 Å². The molecule has 0 fully saturated rings. The zero-order chi connectivity index (χ0) is 13.6. The first-order valence-electron chi connectivity index (χ1n) is 6.76. The Morgan fingerprint density at radius 1 is 0.850 bits per heavy atom. The molecule has 0 saturated heterocycles. The van der Waals surface area contributed by atoms with Crippen molar-refractivity contribution >= 4 is 0 Å². The van der Waals surface area contributed by atoms with Gasteiger partial charge in [0.15, 0.2) is 0 Å². The van der Waals surface area contributed by atoms with Gasteiger partial charge in [-0.2, -0.15) is 0 Å². The van der Waals surface area contributed by atoms with Crippen LogP contribution in [0, 0.1) is 0 Å². The Morgan fingerprint density at radius 3 is 2.30 bits per heavy atom. The molecule has 0 bridgehead atoms. The van der Waals surface area contributed by atoms with E-state index in [0.717, 1.165) is 30.2 Å². The second-order valence-electron chi connectivity index (χ2n) is 4.70. The number of aromatic amines is 1. The van der Waals surface area contributed by atoms with Crippen LogP contribution >= 0.6 is 0 Å². The molecule has 1 aromatic heterocycles. The lowest BCUT2D eigenvalue weighted by molar-refractivity contribution is 0.669. The van der Waals surface area contributed by atoms with Gasteiger partial charge in [0.05, 0.1) is 18.4 Å². The first-order valence-corrected chi connectivity index (χ1v) is 6.76. The lowest BCUT2D eigenvalue weighted by Gasteiger charge is -2.02. The fourth-order valence-corrected chi connectivity index (χ4v) is 2.14. The predicted octanol–water partition coefficient (Wildman–Crippen LogP) is 3.37. The highest BCUT2D eigenvalue weighted by atomic mass is 15.0. The van der Waals surface area contributed by atoms with Crippen LogP contribution in [0.3, 0.4) is 0 Å². The van der Waals surface area contributed by atoms with Crippen molar-refractivity contribution in [1.82, 2.24) is 15.3 Å². The fourth-order valence-electron chi connectivity index (χ4n) is 2.14. The van der Waals surface area contributed by atoms with Crippen molar-refractivity contribution in [1.29, 1.82) is 0 Å². The van der Waals surface area contributed by atoms with Gasteiger partial charge in [-0.05, 0) is 11.1 Å². The maximum absolute atomic E-state index is 4.41. The van der Waals surface area contributed by atoms with Crippen molar-refractivity contribution in [2.75, 3.05) is 0 Å². The molecule has 0 amide bonds. The maximum atomic E-state index is 4.41. The first-order chi connectivity index (χ1) is 9.92. The number of rotatable bonds is 5. The van der Waals surface area contributed by atoms with Gasteiger partial charge in [-0.15, -0.1) is 0 Å². The summed E-state index contributed by atoms with van der Waals surface area (Å²) in [6, 6.07) is 20.6. The second-order valence-corrected chi connectivity index (χ2v) is 4.70. The van der Waals surface area contributed by atoms with E-state index in [9.17, 15) is 0 Å². The number of benzene rings is 2. The third-order valence-electron chi connectivity index (χ3n) is 3.18. The molecule has 100 valence electrons. The Hall–Kier alpha value is -2.39. The molecule has 0 aliphatic carbocycles. The largest absolute Gasteiger partial charge is 0.341 e. The molecular weight excluding hydrogens is 246 g/mol. The third kappa shape index (κ3) is 3.13. The van der Waals surface area contributed by atoms with E-state index in [1.54, 1.807) is 0 Å². The average molecular weight is 263 g/mol. The van der Waals surface area contributed by atoms with Crippen molar-refractivity contribution in [2.45, 2.75) is 13.1 Å². The van der Waals surface area contributed by atoms with Crippen LogP contribution < -0.4 is 5.32 Å². The number of hydrogen-bond acceptors (Lipinski definition) is 2. The highest BCUT2D eigenvalue weighted by molar-refractivity contribution is 5.57. The number of H-pyrrole nitrogens is 1. The van der Waals surface area contributed by atoms with E-state index in [4.69, 9.17) is 0 Å². The van der Waals surface area contributed by atoms with Gasteiger partial charge in [0.2, 0.25) is 0 Å². The molecule has 0 aliphatic heterocycles. The third-order valence-corrected chi connectivity index (χ3v) is 3.18. The number of imidazole rings is 1. The minimum Gasteiger partial charge on any atom is -0.341 e. The summed E-state index contributed by atoms with van der Waals surface area (Å²) in [5, 5.41) is 3.39. The summed E-state index contributed by atoms with van der Waals surface area (Å²) in [6.45, 7) is 1.59. The molecule has 20 heavy (non-hydrogen) atoms. The topological polar surface area (TPSA) is 40.7 Å². The van der Waals surface area contributed by atoms with Crippen LogP contribution in [-0.4, -0.2) is 9.97 Å². The molecule has 2 aromatic carbocycles. The summed E-state index contributed by atoms with van der Waals surface area (Å²) in [6.07, 6.45) is 1.88. The second kappa shape index (κ2) is 6.17. The van der Waals surface area contributed by atoms with Gasteiger partial charge >= 0.3 is 0 Å². The fraction of sp³-hybridized carbons (Fsp3) is 0.118. The van der Waals surface area contributed by atoms with Crippen molar-refractivity contribution in [2.24, 2.45) is 0 Å². The molecule has 0 spiro atoms. The van der Waals surface area contributed by atoms with Gasteiger partial charge in [0.25, 0.3) is 0 Å². The zero-order valence-electron chi connectivity index (χ0n) is 11.2. The quantitative estimate of drug-likeness (QED) is 0.741. The zero-order valence-corrected chi connectivity index (χ0v) is 11.2. The minimum absolute atomic E-state index is 0.738. The van der Waals surface area contributed by atoms with Crippen LogP contribution in [0.2, 0.25) is 0 Å². The lowest BCUT2D eigenvalue weighted by Crippen LogP contribution is -2.13. The summed E-state index contributed by atoms with van der Waals surface area (Å²) >= 11 is 0. The Morgan fingerprint density at radius 2 is 1.55 bits per heavy atom. The van der Waals surface area contributed by atoms with Crippen LogP contribution in [-0.2, 0) is 13.1 Å². The van der Waals surface area contributed by atoms with Crippen molar-refractivity contribution in [3.05, 3.63) is 78.2 Å². The van der Waals surface area contributed by atoms with Gasteiger partial charge in [-0.1, -0.05) is 60.7 Å². The Balaban J connectivity index is 1.58. The summed E-state index contributed by atoms with van der Waals surface area (Å²) in [5.74, 6) is 0.958. The van der Waals surface area contributed by atoms with E-state index in [1.165, 1.54) is 5.56 Å². The van der Waals surface area contributed by atoms with Gasteiger partial charge in [-0.3, -0.25) is 0 Å². The van der Waals surface area contributed by atoms with Crippen LogP contribution in [0.15, 0.2) is 66.9 Å². The SMILES string of the molecule is c1ccc(CNCc2ncc(-c3ccccc3)[nH]2)cc1. The minimum atomic E-state index is 0.738. The molecular formula is C17H17N3. The van der Waals surface area contributed by atoms with E-state index in [1.807, 2.05) is 30.5 Å². The Labute approximate surface area is 118 Å². The Kier molecular flexibility index (Phi) is 3.90. The maximum Gasteiger partial charge on any atom is 0.120 e. The number of nitrogens with one attached hydrogen (secondary N) is 2. The highest BCUT2D eigenvalue weighted by Crippen LogP contribution is 2.15. The predicted molar refractivity (Wildman–Crippen MR) is 81.0 cm³/mol. The highest BCUT2D eigenvalue weighted by Gasteiger charge is 2.02. The van der Waals surface area contributed by atoms with Crippen molar-refractivity contribution < 1.29 is 0 Å². The van der Waals surface area contributed by atoms with E-state index >= 15 is 0 Å². The summed E-state index contributed by atoms with van der Waals surface area (Å²) < 4.78 is 0. The van der Waals surface area contributed by atoms with E-state index in [2.05, 4.69) is 51.7 Å². The van der Waals surface area contributed by atoms with Crippen molar-refractivity contribution in [3.8, 4) is 11.3 Å². The summed E-state index contributed by atoms with van der Waals surface area (Å²) in [5.41, 5.74) is 3.50. The molecule has 3 nitrogen and oxygen atoms in total. The Bertz CT molecular complexity index is 644. The molecule has 3 rings (SSSR count). The van der Waals surface area contributed by atoms with Crippen LogP contribution in [0.4, 0.5) is 0 Å². The van der Waals surface area contributed by atoms with Gasteiger partial charge in [0.1, 0.15) is 5.82 Å². The van der Waals surface area contributed by atoms with Crippen LogP contribution in [0.5, 0.6) is 0 Å². The number of hydrogen-bond donors (Lipinski definition) is 2. The summed E-state index contributed by atoms with van der Waals surface area (Å²) in [4.78, 5) is 7.75. The van der Waals surface area contributed by atoms with E-state index < -0.39 is 0 Å². The van der Waals surface area contributed by atoms with Gasteiger partial charge < -0.3 is 10.3 Å². The van der Waals surface area contributed by atoms with E-state index in [-0.39, 0.29) is 0 Å². The molecule has 0 atom stereocenters. The normalized spacial score (nSPS) is 10.6. The van der Waals surface area contributed by atoms with Crippen LogP contribution in [0.1, 0.15) is 11.4 Å². The summed E-state index contributed by atoms with van der Waals surface area (Å²) in [7, 11) is 0. The molecule has 2 N–H and O–H groups in total. The van der Waals surface area contributed by atoms with Gasteiger partial charge in [-0.25, -0.2) is 4.98 Å². The lowest BCUT2D eigenvalue weighted by atomic mass is 10.2. The van der Waals surface area contributed by atoms with Crippen LogP contribution in [0.25, 0.3) is 11.3 Å². The number of nitrogens with zero attached hydrogens (tertiary/aromatic N) is 1. The molecule has 1 heterocycles.